The van der Waals surface area contributed by atoms with Crippen LogP contribution in [0.3, 0.4) is 0 Å². The van der Waals surface area contributed by atoms with E-state index in [1.54, 1.807) is 0 Å². The fourth-order valence-corrected chi connectivity index (χ4v) is 2.99. The average molecular weight is 356 g/mol. The number of benzene rings is 3. The lowest BCUT2D eigenvalue weighted by molar-refractivity contribution is -0.115. The van der Waals surface area contributed by atoms with Gasteiger partial charge in [-0.15, -0.1) is 0 Å². The molecule has 0 saturated heterocycles. The number of hydrogen-bond donors (Lipinski definition) is 1. The Morgan fingerprint density at radius 2 is 1.74 bits per heavy atom. The van der Waals surface area contributed by atoms with E-state index in [9.17, 15) is 4.79 Å². The SMILES string of the molecule is Cc1ccc(CC(=O)Nc2cccc(-c3nc4cc(C)ccc4o3)c2)cc1. The summed E-state index contributed by atoms with van der Waals surface area (Å²) < 4.78 is 5.85. The van der Waals surface area contributed by atoms with Crippen molar-refractivity contribution in [3.8, 4) is 11.5 Å². The first-order valence-electron chi connectivity index (χ1n) is 8.90. The highest BCUT2D eigenvalue weighted by Crippen LogP contribution is 2.26. The summed E-state index contributed by atoms with van der Waals surface area (Å²) in [7, 11) is 0. The van der Waals surface area contributed by atoms with Crippen LogP contribution in [-0.2, 0) is 11.2 Å². The third-order valence-electron chi connectivity index (χ3n) is 4.42. The molecular weight excluding hydrogens is 336 g/mol. The van der Waals surface area contributed by atoms with Crippen molar-refractivity contribution in [2.45, 2.75) is 20.3 Å². The maximum atomic E-state index is 12.3. The summed E-state index contributed by atoms with van der Waals surface area (Å²) in [6.45, 7) is 4.06. The highest BCUT2D eigenvalue weighted by molar-refractivity contribution is 5.93. The maximum absolute atomic E-state index is 12.3. The van der Waals surface area contributed by atoms with Gasteiger partial charge in [0, 0.05) is 11.3 Å². The zero-order valence-corrected chi connectivity index (χ0v) is 15.3. The van der Waals surface area contributed by atoms with Crippen molar-refractivity contribution in [3.05, 3.63) is 83.4 Å². The van der Waals surface area contributed by atoms with Crippen LogP contribution in [0.4, 0.5) is 5.69 Å². The molecular formula is C23H20N2O2. The van der Waals surface area contributed by atoms with E-state index in [-0.39, 0.29) is 5.91 Å². The molecule has 0 bridgehead atoms. The van der Waals surface area contributed by atoms with E-state index in [4.69, 9.17) is 4.42 Å². The second kappa shape index (κ2) is 7.08. The molecule has 0 atom stereocenters. The number of amides is 1. The van der Waals surface area contributed by atoms with E-state index in [0.717, 1.165) is 33.5 Å². The van der Waals surface area contributed by atoms with Crippen LogP contribution in [0, 0.1) is 13.8 Å². The summed E-state index contributed by atoms with van der Waals surface area (Å²) in [5.74, 6) is 0.495. The second-order valence-corrected chi connectivity index (χ2v) is 6.78. The summed E-state index contributed by atoms with van der Waals surface area (Å²) in [6.07, 6.45) is 0.340. The number of carbonyl (C=O) groups is 1. The predicted molar refractivity (Wildman–Crippen MR) is 108 cm³/mol. The van der Waals surface area contributed by atoms with Crippen molar-refractivity contribution in [1.29, 1.82) is 0 Å². The molecule has 3 aromatic carbocycles. The smallest absolute Gasteiger partial charge is 0.228 e. The summed E-state index contributed by atoms with van der Waals surface area (Å²) in [4.78, 5) is 16.9. The maximum Gasteiger partial charge on any atom is 0.228 e. The van der Waals surface area contributed by atoms with E-state index in [1.165, 1.54) is 5.56 Å². The van der Waals surface area contributed by atoms with Gasteiger partial charge in [-0.1, -0.05) is 42.0 Å². The largest absolute Gasteiger partial charge is 0.436 e. The van der Waals surface area contributed by atoms with Gasteiger partial charge in [0.25, 0.3) is 0 Å². The number of aryl methyl sites for hydroxylation is 2. The summed E-state index contributed by atoms with van der Waals surface area (Å²) >= 11 is 0. The molecule has 4 heteroatoms. The molecule has 4 aromatic rings. The highest BCUT2D eigenvalue weighted by atomic mass is 16.3. The number of rotatable bonds is 4. The number of aromatic nitrogens is 1. The molecule has 4 rings (SSSR count). The Balaban J connectivity index is 1.52. The van der Waals surface area contributed by atoms with Crippen molar-refractivity contribution in [1.82, 2.24) is 4.98 Å². The molecule has 0 aliphatic heterocycles. The standard InChI is InChI=1S/C23H20N2O2/c1-15-6-9-17(10-7-15)13-22(26)24-19-5-3-4-18(14-19)23-25-20-12-16(2)8-11-21(20)27-23/h3-12,14H,13H2,1-2H3,(H,24,26). The Kier molecular flexibility index (Phi) is 4.47. The lowest BCUT2D eigenvalue weighted by atomic mass is 10.1. The van der Waals surface area contributed by atoms with E-state index >= 15 is 0 Å². The van der Waals surface area contributed by atoms with E-state index in [2.05, 4.69) is 10.3 Å². The Labute approximate surface area is 157 Å². The van der Waals surface area contributed by atoms with Crippen LogP contribution in [0.1, 0.15) is 16.7 Å². The molecule has 0 spiro atoms. The number of anilines is 1. The molecule has 1 heterocycles. The molecule has 27 heavy (non-hydrogen) atoms. The molecule has 1 amide bonds. The number of fused-ring (bicyclic) bond motifs is 1. The van der Waals surface area contributed by atoms with Crippen molar-refractivity contribution in [2.24, 2.45) is 0 Å². The zero-order chi connectivity index (χ0) is 18.8. The molecule has 0 saturated carbocycles. The monoisotopic (exact) mass is 356 g/mol. The third kappa shape index (κ3) is 3.90. The Morgan fingerprint density at radius 1 is 0.963 bits per heavy atom. The molecule has 1 N–H and O–H groups in total. The second-order valence-electron chi connectivity index (χ2n) is 6.78. The number of nitrogens with zero attached hydrogens (tertiary/aromatic N) is 1. The first-order valence-corrected chi connectivity index (χ1v) is 8.90. The van der Waals surface area contributed by atoms with Gasteiger partial charge in [0.1, 0.15) is 5.52 Å². The van der Waals surface area contributed by atoms with Gasteiger partial charge in [-0.25, -0.2) is 4.98 Å². The fraction of sp³-hybridized carbons (Fsp3) is 0.130. The van der Waals surface area contributed by atoms with Crippen LogP contribution in [-0.4, -0.2) is 10.9 Å². The Hall–Kier alpha value is -3.40. The first-order chi connectivity index (χ1) is 13.1. The van der Waals surface area contributed by atoms with Crippen molar-refractivity contribution in [3.63, 3.8) is 0 Å². The summed E-state index contributed by atoms with van der Waals surface area (Å²) in [5, 5.41) is 2.95. The van der Waals surface area contributed by atoms with Crippen molar-refractivity contribution < 1.29 is 9.21 Å². The highest BCUT2D eigenvalue weighted by Gasteiger charge is 2.10. The number of hydrogen-bond acceptors (Lipinski definition) is 3. The van der Waals surface area contributed by atoms with Crippen LogP contribution in [0.25, 0.3) is 22.6 Å². The molecule has 4 nitrogen and oxygen atoms in total. The molecule has 0 radical (unpaired) electrons. The van der Waals surface area contributed by atoms with Crippen LogP contribution in [0.2, 0.25) is 0 Å². The zero-order valence-electron chi connectivity index (χ0n) is 15.3. The van der Waals surface area contributed by atoms with Gasteiger partial charge >= 0.3 is 0 Å². The van der Waals surface area contributed by atoms with Gasteiger partial charge in [-0.2, -0.15) is 0 Å². The molecule has 1 aromatic heterocycles. The minimum atomic E-state index is -0.0517. The summed E-state index contributed by atoms with van der Waals surface area (Å²) in [5.41, 5.74) is 6.45. The molecule has 0 fully saturated rings. The van der Waals surface area contributed by atoms with Gasteiger partial charge in [0.2, 0.25) is 11.8 Å². The lowest BCUT2D eigenvalue weighted by Gasteiger charge is -2.07. The van der Waals surface area contributed by atoms with Gasteiger partial charge in [-0.3, -0.25) is 4.79 Å². The quantitative estimate of drug-likeness (QED) is 0.540. The number of oxazole rings is 1. The van der Waals surface area contributed by atoms with Crippen LogP contribution in [0.15, 0.2) is 71.1 Å². The first kappa shape index (κ1) is 17.0. The topological polar surface area (TPSA) is 55.1 Å². The van der Waals surface area contributed by atoms with E-state index in [0.29, 0.717) is 12.3 Å². The summed E-state index contributed by atoms with van der Waals surface area (Å²) in [6, 6.07) is 21.5. The van der Waals surface area contributed by atoms with Crippen LogP contribution >= 0.6 is 0 Å². The molecule has 0 aliphatic rings. The van der Waals surface area contributed by atoms with Gasteiger partial charge in [0.05, 0.1) is 6.42 Å². The molecule has 0 aliphatic carbocycles. The normalized spacial score (nSPS) is 10.9. The van der Waals surface area contributed by atoms with Gasteiger partial charge in [0.15, 0.2) is 5.58 Å². The predicted octanol–water partition coefficient (Wildman–Crippen LogP) is 5.29. The van der Waals surface area contributed by atoms with E-state index < -0.39 is 0 Å². The number of carbonyl (C=O) groups excluding carboxylic acids is 1. The van der Waals surface area contributed by atoms with Crippen molar-refractivity contribution >= 4 is 22.7 Å². The minimum absolute atomic E-state index is 0.0517. The minimum Gasteiger partial charge on any atom is -0.436 e. The molecule has 0 unspecified atom stereocenters. The molecule has 134 valence electrons. The van der Waals surface area contributed by atoms with Gasteiger partial charge in [-0.05, 0) is 55.3 Å². The van der Waals surface area contributed by atoms with Crippen LogP contribution in [0.5, 0.6) is 0 Å². The lowest BCUT2D eigenvalue weighted by Crippen LogP contribution is -2.14. The number of nitrogens with one attached hydrogen (secondary N) is 1. The van der Waals surface area contributed by atoms with Crippen molar-refractivity contribution in [2.75, 3.05) is 5.32 Å². The van der Waals surface area contributed by atoms with Gasteiger partial charge < -0.3 is 9.73 Å². The Morgan fingerprint density at radius 3 is 2.56 bits per heavy atom. The fourth-order valence-electron chi connectivity index (χ4n) is 2.99. The Bertz CT molecular complexity index is 1110. The van der Waals surface area contributed by atoms with E-state index in [1.807, 2.05) is 80.6 Å². The van der Waals surface area contributed by atoms with Crippen LogP contribution < -0.4 is 5.32 Å². The average Bonchev–Trinajstić information content (AvgIpc) is 3.07. The third-order valence-corrected chi connectivity index (χ3v) is 4.42.